The number of aliphatic imine (C=N–C) groups is 1. The van der Waals surface area contributed by atoms with E-state index in [1.807, 2.05) is 0 Å². The lowest BCUT2D eigenvalue weighted by molar-refractivity contribution is 0.300. The first kappa shape index (κ1) is 20.5. The molecule has 0 aliphatic heterocycles. The number of aromatic nitrogens is 1. The van der Waals surface area contributed by atoms with Gasteiger partial charge in [-0.25, -0.2) is 9.98 Å². The van der Waals surface area contributed by atoms with Gasteiger partial charge >= 0.3 is 0 Å². The third kappa shape index (κ3) is 7.34. The molecule has 0 aromatic carbocycles. The van der Waals surface area contributed by atoms with Gasteiger partial charge in [0.05, 0.1) is 6.20 Å². The Morgan fingerprint density at radius 3 is 2.46 bits per heavy atom. The zero-order valence-electron chi connectivity index (χ0n) is 16.3. The third-order valence-electron chi connectivity index (χ3n) is 3.85. The second-order valence-corrected chi connectivity index (χ2v) is 6.87. The Balaban J connectivity index is 2.49. The molecule has 0 aliphatic carbocycles. The summed E-state index contributed by atoms with van der Waals surface area (Å²) < 4.78 is 5.78. The van der Waals surface area contributed by atoms with E-state index >= 15 is 0 Å². The summed E-state index contributed by atoms with van der Waals surface area (Å²) in [5.74, 6) is 2.36. The molecule has 1 aromatic heterocycles. The molecule has 0 radical (unpaired) electrons. The van der Waals surface area contributed by atoms with Crippen LogP contribution in [-0.2, 0) is 12.0 Å². The Labute approximate surface area is 147 Å². The molecule has 0 amide bonds. The van der Waals surface area contributed by atoms with Crippen LogP contribution in [0.15, 0.2) is 15.6 Å². The molecule has 6 heteroatoms. The highest BCUT2D eigenvalue weighted by molar-refractivity contribution is 5.79. The van der Waals surface area contributed by atoms with Crippen LogP contribution in [0, 0.1) is 0 Å². The zero-order chi connectivity index (χ0) is 18.0. The molecule has 0 unspecified atom stereocenters. The van der Waals surface area contributed by atoms with Gasteiger partial charge in [-0.2, -0.15) is 0 Å². The second kappa shape index (κ2) is 10.3. The summed E-state index contributed by atoms with van der Waals surface area (Å²) in [6.45, 7) is 18.3. The van der Waals surface area contributed by atoms with Crippen LogP contribution in [0.3, 0.4) is 0 Å². The van der Waals surface area contributed by atoms with Gasteiger partial charge in [-0.05, 0) is 33.0 Å². The van der Waals surface area contributed by atoms with E-state index in [-0.39, 0.29) is 5.41 Å². The molecule has 24 heavy (non-hydrogen) atoms. The second-order valence-electron chi connectivity index (χ2n) is 6.87. The van der Waals surface area contributed by atoms with E-state index in [9.17, 15) is 0 Å². The molecule has 0 aliphatic rings. The smallest absolute Gasteiger partial charge is 0.216 e. The van der Waals surface area contributed by atoms with Crippen LogP contribution in [-0.4, -0.2) is 48.6 Å². The van der Waals surface area contributed by atoms with Gasteiger partial charge in [-0.1, -0.05) is 34.6 Å². The summed E-state index contributed by atoms with van der Waals surface area (Å²) in [7, 11) is 0. The average molecular weight is 338 g/mol. The summed E-state index contributed by atoms with van der Waals surface area (Å²) in [6, 6.07) is 0. The molecule has 6 nitrogen and oxygen atoms in total. The predicted molar refractivity (Wildman–Crippen MR) is 100 cm³/mol. The van der Waals surface area contributed by atoms with Crippen LogP contribution in [0.5, 0.6) is 0 Å². The molecule has 0 saturated heterocycles. The number of hydrogen-bond acceptors (Lipinski definition) is 4. The summed E-state index contributed by atoms with van der Waals surface area (Å²) in [6.07, 6.45) is 2.90. The summed E-state index contributed by atoms with van der Waals surface area (Å²) in [4.78, 5) is 11.3. The lowest BCUT2D eigenvalue weighted by atomic mass is 9.94. The molecular weight excluding hydrogens is 302 g/mol. The topological polar surface area (TPSA) is 65.7 Å². The Morgan fingerprint density at radius 2 is 1.92 bits per heavy atom. The lowest BCUT2D eigenvalue weighted by Gasteiger charge is -2.18. The maximum Gasteiger partial charge on any atom is 0.216 e. The van der Waals surface area contributed by atoms with Crippen molar-refractivity contribution in [1.82, 2.24) is 20.5 Å². The van der Waals surface area contributed by atoms with Crippen molar-refractivity contribution in [3.63, 3.8) is 0 Å². The van der Waals surface area contributed by atoms with Crippen LogP contribution in [0.1, 0.15) is 59.6 Å². The van der Waals surface area contributed by atoms with Crippen molar-refractivity contribution in [2.75, 3.05) is 32.7 Å². The molecular formula is C18H35N5O. The molecule has 0 spiro atoms. The Bertz CT molecular complexity index is 486. The van der Waals surface area contributed by atoms with Crippen molar-refractivity contribution in [3.8, 4) is 0 Å². The quantitative estimate of drug-likeness (QED) is 0.412. The van der Waals surface area contributed by atoms with Gasteiger partial charge < -0.3 is 20.0 Å². The Hall–Kier alpha value is -1.56. The van der Waals surface area contributed by atoms with Crippen molar-refractivity contribution < 1.29 is 4.42 Å². The van der Waals surface area contributed by atoms with Crippen molar-refractivity contribution in [1.29, 1.82) is 0 Å². The van der Waals surface area contributed by atoms with Crippen molar-refractivity contribution >= 4 is 5.96 Å². The van der Waals surface area contributed by atoms with Gasteiger partial charge in [0.15, 0.2) is 5.96 Å². The van der Waals surface area contributed by atoms with E-state index in [1.54, 1.807) is 6.20 Å². The molecule has 1 aromatic rings. The molecule has 1 rings (SSSR count). The summed E-state index contributed by atoms with van der Waals surface area (Å²) >= 11 is 0. The minimum atomic E-state index is -0.0257. The van der Waals surface area contributed by atoms with Crippen LogP contribution in [0.4, 0.5) is 0 Å². The Morgan fingerprint density at radius 1 is 1.21 bits per heavy atom. The molecule has 138 valence electrons. The van der Waals surface area contributed by atoms with Gasteiger partial charge in [-0.3, -0.25) is 0 Å². The highest BCUT2D eigenvalue weighted by Gasteiger charge is 2.18. The van der Waals surface area contributed by atoms with Gasteiger partial charge in [0.1, 0.15) is 12.3 Å². The van der Waals surface area contributed by atoms with Gasteiger partial charge in [0, 0.05) is 18.5 Å². The third-order valence-corrected chi connectivity index (χ3v) is 3.85. The molecule has 0 fully saturated rings. The predicted octanol–water partition coefficient (Wildman–Crippen LogP) is 2.76. The van der Waals surface area contributed by atoms with Crippen LogP contribution in [0.25, 0.3) is 0 Å². The molecule has 0 bridgehead atoms. The number of nitrogens with one attached hydrogen (secondary N) is 2. The minimum absolute atomic E-state index is 0.0257. The summed E-state index contributed by atoms with van der Waals surface area (Å²) in [5, 5.41) is 6.64. The molecule has 0 saturated carbocycles. The van der Waals surface area contributed by atoms with E-state index in [1.165, 1.54) is 0 Å². The normalized spacial score (nSPS) is 12.7. The fourth-order valence-electron chi connectivity index (χ4n) is 2.27. The Kier molecular flexibility index (Phi) is 8.82. The van der Waals surface area contributed by atoms with Crippen LogP contribution in [0.2, 0.25) is 0 Å². The van der Waals surface area contributed by atoms with E-state index in [0.717, 1.165) is 50.9 Å². The van der Waals surface area contributed by atoms with E-state index in [2.05, 4.69) is 67.1 Å². The first-order chi connectivity index (χ1) is 11.4. The maximum absolute atomic E-state index is 5.78. The van der Waals surface area contributed by atoms with Crippen molar-refractivity contribution in [3.05, 3.63) is 17.8 Å². The maximum atomic E-state index is 5.78. The standard InChI is InChI=1S/C18H35N5O/c1-7-19-17(20-11-10-12-23(8-2)9-3)22-14-16-21-13-15(24-16)18(4,5)6/h13H,7-12,14H2,1-6H3,(H2,19,20,22). The van der Waals surface area contributed by atoms with Gasteiger partial charge in [0.2, 0.25) is 5.89 Å². The monoisotopic (exact) mass is 337 g/mol. The molecule has 0 atom stereocenters. The minimum Gasteiger partial charge on any atom is -0.443 e. The van der Waals surface area contributed by atoms with E-state index in [4.69, 9.17) is 4.42 Å². The van der Waals surface area contributed by atoms with Crippen molar-refractivity contribution in [2.24, 2.45) is 4.99 Å². The number of oxazole rings is 1. The highest BCUT2D eigenvalue weighted by atomic mass is 16.4. The highest BCUT2D eigenvalue weighted by Crippen LogP contribution is 2.22. The van der Waals surface area contributed by atoms with Gasteiger partial charge in [0.25, 0.3) is 0 Å². The largest absolute Gasteiger partial charge is 0.443 e. The number of nitrogens with zero attached hydrogens (tertiary/aromatic N) is 3. The molecule has 2 N–H and O–H groups in total. The van der Waals surface area contributed by atoms with Crippen LogP contribution < -0.4 is 10.6 Å². The lowest BCUT2D eigenvalue weighted by Crippen LogP contribution is -2.38. The number of guanidine groups is 1. The molecule has 1 heterocycles. The first-order valence-electron chi connectivity index (χ1n) is 9.10. The fraction of sp³-hybridized carbons (Fsp3) is 0.778. The van der Waals surface area contributed by atoms with E-state index < -0.39 is 0 Å². The van der Waals surface area contributed by atoms with Gasteiger partial charge in [-0.15, -0.1) is 0 Å². The zero-order valence-corrected chi connectivity index (χ0v) is 16.3. The van der Waals surface area contributed by atoms with E-state index in [0.29, 0.717) is 12.4 Å². The first-order valence-corrected chi connectivity index (χ1v) is 9.10. The number of rotatable bonds is 9. The van der Waals surface area contributed by atoms with Crippen LogP contribution >= 0.6 is 0 Å². The number of hydrogen-bond donors (Lipinski definition) is 2. The summed E-state index contributed by atoms with van der Waals surface area (Å²) in [5.41, 5.74) is -0.0257. The van der Waals surface area contributed by atoms with Crippen molar-refractivity contribution in [2.45, 2.75) is 59.9 Å². The fourth-order valence-corrected chi connectivity index (χ4v) is 2.27. The average Bonchev–Trinajstić information content (AvgIpc) is 3.02. The SMILES string of the molecule is CCNC(=NCc1ncc(C(C)(C)C)o1)NCCCN(CC)CC.